The Morgan fingerprint density at radius 2 is 2.33 bits per heavy atom. The number of rotatable bonds is 5. The molecule has 0 saturated carbocycles. The lowest BCUT2D eigenvalue weighted by atomic mass is 10.5. The highest BCUT2D eigenvalue weighted by Crippen LogP contribution is 2.07. The van der Waals surface area contributed by atoms with Gasteiger partial charge in [0.25, 0.3) is 0 Å². The van der Waals surface area contributed by atoms with Crippen LogP contribution in [0, 0.1) is 0 Å². The van der Waals surface area contributed by atoms with E-state index in [1.165, 1.54) is 0 Å². The lowest BCUT2D eigenvalue weighted by molar-refractivity contribution is 0.0418. The third kappa shape index (κ3) is 3.42. The van der Waals surface area contributed by atoms with Crippen molar-refractivity contribution in [2.24, 2.45) is 5.90 Å². The predicted molar refractivity (Wildman–Crippen MR) is 30.7 cm³/mol. The van der Waals surface area contributed by atoms with Crippen molar-refractivity contribution in [3.63, 3.8) is 0 Å². The van der Waals surface area contributed by atoms with E-state index in [1.807, 2.05) is 0 Å². The summed E-state index contributed by atoms with van der Waals surface area (Å²) in [5, 5.41) is 0. The summed E-state index contributed by atoms with van der Waals surface area (Å²) in [7, 11) is 0. The summed E-state index contributed by atoms with van der Waals surface area (Å²) >= 11 is 0. The third-order valence-corrected chi connectivity index (χ3v) is 1.05. The maximum absolute atomic E-state index is 5.07. The number of ether oxygens (including phenoxy) is 2. The second-order valence-electron chi connectivity index (χ2n) is 1.90. The Bertz CT molecular complexity index is 74.6. The molecule has 2 N–H and O–H groups in total. The first-order valence-electron chi connectivity index (χ1n) is 2.94. The van der Waals surface area contributed by atoms with Crippen LogP contribution < -0.4 is 5.90 Å². The van der Waals surface area contributed by atoms with Gasteiger partial charge in [-0.2, -0.15) is 0 Å². The summed E-state index contributed by atoms with van der Waals surface area (Å²) in [6, 6.07) is 0. The first-order valence-corrected chi connectivity index (χ1v) is 2.94. The Morgan fingerprint density at radius 3 is 2.89 bits per heavy atom. The fraction of sp³-hybridized carbons (Fsp3) is 1.00. The van der Waals surface area contributed by atoms with Crippen molar-refractivity contribution in [2.75, 3.05) is 26.4 Å². The molecule has 0 spiro atoms. The summed E-state index contributed by atoms with van der Waals surface area (Å²) in [6.45, 7) is 2.51. The van der Waals surface area contributed by atoms with Crippen LogP contribution in [0.15, 0.2) is 0 Å². The van der Waals surface area contributed by atoms with Crippen molar-refractivity contribution in [1.29, 1.82) is 0 Å². The summed E-state index contributed by atoms with van der Waals surface area (Å²) in [6.07, 6.45) is 0.336. The molecule has 1 heterocycles. The van der Waals surface area contributed by atoms with E-state index in [4.69, 9.17) is 15.4 Å². The van der Waals surface area contributed by atoms with Crippen LogP contribution in [0.5, 0.6) is 0 Å². The molecule has 0 aromatic carbocycles. The largest absolute Gasteiger partial charge is 0.376 e. The molecule has 0 amide bonds. The van der Waals surface area contributed by atoms with Gasteiger partial charge in [-0.1, -0.05) is 0 Å². The van der Waals surface area contributed by atoms with Gasteiger partial charge in [0.2, 0.25) is 0 Å². The highest BCUT2D eigenvalue weighted by atomic mass is 16.6. The van der Waals surface area contributed by atoms with Gasteiger partial charge in [0.1, 0.15) is 6.10 Å². The van der Waals surface area contributed by atoms with E-state index in [9.17, 15) is 0 Å². The van der Waals surface area contributed by atoms with Gasteiger partial charge in [-0.25, -0.2) is 5.90 Å². The smallest absolute Gasteiger partial charge is 0.104 e. The first-order chi connectivity index (χ1) is 4.43. The summed E-state index contributed by atoms with van der Waals surface area (Å²) in [4.78, 5) is 4.28. The van der Waals surface area contributed by atoms with Crippen molar-refractivity contribution in [3.8, 4) is 0 Å². The van der Waals surface area contributed by atoms with Crippen molar-refractivity contribution < 1.29 is 14.3 Å². The maximum atomic E-state index is 5.07. The summed E-state index contributed by atoms with van der Waals surface area (Å²) in [5.74, 6) is 4.75. The normalized spacial score (nSPS) is 24.3. The van der Waals surface area contributed by atoms with Crippen LogP contribution in [0.3, 0.4) is 0 Å². The Balaban J connectivity index is 1.71. The van der Waals surface area contributed by atoms with Gasteiger partial charge in [-0.3, -0.25) is 0 Å². The Hall–Kier alpha value is -0.160. The fourth-order valence-corrected chi connectivity index (χ4v) is 0.486. The molecule has 0 aromatic rings. The molecule has 0 aliphatic carbocycles. The lowest BCUT2D eigenvalue weighted by Gasteiger charge is -1.98. The van der Waals surface area contributed by atoms with Crippen LogP contribution in [0.1, 0.15) is 0 Å². The average molecular weight is 133 g/mol. The van der Waals surface area contributed by atoms with E-state index < -0.39 is 0 Å². The Kier molecular flexibility index (Phi) is 2.93. The maximum Gasteiger partial charge on any atom is 0.104 e. The molecule has 0 radical (unpaired) electrons. The number of hydrogen-bond donors (Lipinski definition) is 1. The molecule has 4 heteroatoms. The van der Waals surface area contributed by atoms with E-state index in [0.29, 0.717) is 25.9 Å². The van der Waals surface area contributed by atoms with E-state index in [-0.39, 0.29) is 0 Å². The summed E-state index contributed by atoms with van der Waals surface area (Å²) in [5.41, 5.74) is 0. The van der Waals surface area contributed by atoms with Crippen molar-refractivity contribution in [3.05, 3.63) is 0 Å². The molecule has 4 nitrogen and oxygen atoms in total. The van der Waals surface area contributed by atoms with Gasteiger partial charge in [0.15, 0.2) is 0 Å². The van der Waals surface area contributed by atoms with E-state index in [2.05, 4.69) is 4.84 Å². The minimum Gasteiger partial charge on any atom is -0.376 e. The fourth-order valence-electron chi connectivity index (χ4n) is 0.486. The van der Waals surface area contributed by atoms with Crippen molar-refractivity contribution in [1.82, 2.24) is 0 Å². The summed E-state index contributed by atoms with van der Waals surface area (Å²) < 4.78 is 9.96. The topological polar surface area (TPSA) is 57.0 Å². The zero-order valence-corrected chi connectivity index (χ0v) is 5.21. The van der Waals surface area contributed by atoms with Gasteiger partial charge in [0.05, 0.1) is 26.4 Å². The predicted octanol–water partition coefficient (Wildman–Crippen LogP) is -0.708. The Morgan fingerprint density at radius 1 is 1.56 bits per heavy atom. The van der Waals surface area contributed by atoms with Gasteiger partial charge < -0.3 is 14.3 Å². The molecule has 1 fully saturated rings. The standard InChI is InChI=1S/C5H11NO3/c6-9-2-1-7-3-5-4-8-5/h5H,1-4,6H2. The van der Waals surface area contributed by atoms with Gasteiger partial charge in [-0.05, 0) is 0 Å². The molecule has 1 unspecified atom stereocenters. The second-order valence-corrected chi connectivity index (χ2v) is 1.90. The van der Waals surface area contributed by atoms with Crippen molar-refractivity contribution in [2.45, 2.75) is 6.10 Å². The molecule has 0 aromatic heterocycles. The minimum absolute atomic E-state index is 0.336. The van der Waals surface area contributed by atoms with Crippen LogP contribution in [0.4, 0.5) is 0 Å². The second kappa shape index (κ2) is 3.79. The molecular weight excluding hydrogens is 122 g/mol. The van der Waals surface area contributed by atoms with Gasteiger partial charge >= 0.3 is 0 Å². The highest BCUT2D eigenvalue weighted by Gasteiger charge is 2.21. The average Bonchev–Trinajstić information content (AvgIpc) is 2.63. The van der Waals surface area contributed by atoms with Crippen LogP contribution in [0.25, 0.3) is 0 Å². The van der Waals surface area contributed by atoms with Gasteiger partial charge in [0, 0.05) is 0 Å². The zero-order chi connectivity index (χ0) is 6.53. The molecule has 1 rings (SSSR count). The number of epoxide rings is 1. The van der Waals surface area contributed by atoms with Crippen LogP contribution in [-0.2, 0) is 14.3 Å². The van der Waals surface area contributed by atoms with Crippen LogP contribution in [0.2, 0.25) is 0 Å². The van der Waals surface area contributed by atoms with Crippen molar-refractivity contribution >= 4 is 0 Å². The first kappa shape index (κ1) is 6.95. The third-order valence-electron chi connectivity index (χ3n) is 1.05. The quantitative estimate of drug-likeness (QED) is 0.306. The molecule has 1 aliphatic heterocycles. The van der Waals surface area contributed by atoms with E-state index >= 15 is 0 Å². The van der Waals surface area contributed by atoms with E-state index in [0.717, 1.165) is 6.61 Å². The van der Waals surface area contributed by atoms with Crippen LogP contribution in [-0.4, -0.2) is 32.5 Å². The lowest BCUT2D eigenvalue weighted by Crippen LogP contribution is -2.10. The molecule has 9 heavy (non-hydrogen) atoms. The highest BCUT2D eigenvalue weighted by molar-refractivity contribution is 4.66. The minimum atomic E-state index is 0.336. The van der Waals surface area contributed by atoms with Gasteiger partial charge in [-0.15, -0.1) is 0 Å². The molecule has 1 atom stereocenters. The number of hydrogen-bond acceptors (Lipinski definition) is 4. The molecule has 1 saturated heterocycles. The van der Waals surface area contributed by atoms with E-state index in [1.54, 1.807) is 0 Å². The zero-order valence-electron chi connectivity index (χ0n) is 5.21. The molecular formula is C5H11NO3. The molecule has 0 bridgehead atoms. The molecule has 54 valence electrons. The SMILES string of the molecule is NOCCOCC1CO1. The number of nitrogens with two attached hydrogens (primary N) is 1. The monoisotopic (exact) mass is 133 g/mol. The van der Waals surface area contributed by atoms with Crippen LogP contribution >= 0.6 is 0 Å². The molecule has 1 aliphatic rings. The Labute approximate surface area is 53.8 Å².